The van der Waals surface area contributed by atoms with E-state index in [4.69, 9.17) is 5.14 Å². The highest BCUT2D eigenvalue weighted by atomic mass is 32.2. The van der Waals surface area contributed by atoms with Crippen molar-refractivity contribution in [1.29, 1.82) is 0 Å². The van der Waals surface area contributed by atoms with Crippen molar-refractivity contribution in [2.24, 2.45) is 5.14 Å². The summed E-state index contributed by atoms with van der Waals surface area (Å²) in [6.07, 6.45) is -8.06. The number of ether oxygens (including phenoxy) is 1. The van der Waals surface area contributed by atoms with Gasteiger partial charge in [-0.25, -0.2) is 35.8 Å². The second-order valence-electron chi connectivity index (χ2n) is 6.48. The first-order valence-corrected chi connectivity index (χ1v) is 9.99. The van der Waals surface area contributed by atoms with Crippen molar-refractivity contribution in [2.45, 2.75) is 24.6 Å². The average molecular weight is 483 g/mol. The minimum Gasteiger partial charge on any atom is -0.406 e. The fourth-order valence-electron chi connectivity index (χ4n) is 2.94. The van der Waals surface area contributed by atoms with E-state index in [0.717, 1.165) is 28.9 Å². The van der Waals surface area contributed by atoms with Gasteiger partial charge < -0.3 is 4.74 Å². The normalized spacial score (nSPS) is 12.4. The van der Waals surface area contributed by atoms with Gasteiger partial charge in [0.05, 0.1) is 11.4 Å². The van der Waals surface area contributed by atoms with Gasteiger partial charge in [-0.1, -0.05) is 0 Å². The Morgan fingerprint density at radius 3 is 2.12 bits per heavy atom. The zero-order valence-electron chi connectivity index (χ0n) is 15.8. The molecule has 2 N–H and O–H groups in total. The topological polar surface area (TPSA) is 87.2 Å². The van der Waals surface area contributed by atoms with Crippen LogP contribution in [0.25, 0.3) is 16.9 Å². The van der Waals surface area contributed by atoms with Crippen LogP contribution in [0.5, 0.6) is 5.75 Å². The van der Waals surface area contributed by atoms with Crippen molar-refractivity contribution in [2.75, 3.05) is 0 Å². The van der Waals surface area contributed by atoms with Crippen LogP contribution in [0.1, 0.15) is 17.7 Å². The van der Waals surface area contributed by atoms with E-state index >= 15 is 0 Å². The third kappa shape index (κ3) is 4.85. The van der Waals surface area contributed by atoms with Crippen molar-refractivity contribution in [3.05, 3.63) is 59.3 Å². The fraction of sp³-hybridized carbons (Fsp3) is 0.167. The van der Waals surface area contributed by atoms with E-state index in [-0.39, 0.29) is 22.5 Å². The summed E-state index contributed by atoms with van der Waals surface area (Å²) in [4.78, 5) is -1.41. The number of hydrogen-bond acceptors (Lipinski definition) is 4. The summed E-state index contributed by atoms with van der Waals surface area (Å²) in [5.41, 5.74) is -1.36. The maximum Gasteiger partial charge on any atom is 0.573 e. The molecule has 3 aromatic rings. The predicted molar refractivity (Wildman–Crippen MR) is 96.7 cm³/mol. The molecular formula is C18H12F7N3O3S. The molecule has 0 aliphatic rings. The first kappa shape index (κ1) is 23.5. The van der Waals surface area contributed by atoms with E-state index in [0.29, 0.717) is 12.1 Å². The van der Waals surface area contributed by atoms with Crippen molar-refractivity contribution < 1.29 is 43.9 Å². The molecule has 0 aliphatic heterocycles. The monoisotopic (exact) mass is 483 g/mol. The van der Waals surface area contributed by atoms with Gasteiger partial charge in [-0.3, -0.25) is 0 Å². The lowest BCUT2D eigenvalue weighted by atomic mass is 10.1. The van der Waals surface area contributed by atoms with Crippen LogP contribution < -0.4 is 9.88 Å². The van der Waals surface area contributed by atoms with Gasteiger partial charge in [0.1, 0.15) is 23.1 Å². The minimum absolute atomic E-state index is 0.00207. The van der Waals surface area contributed by atoms with Crippen LogP contribution in [-0.2, 0) is 10.0 Å². The molecule has 6 nitrogen and oxygen atoms in total. The maximum absolute atomic E-state index is 14.3. The largest absolute Gasteiger partial charge is 0.573 e. The number of halogens is 7. The number of aromatic nitrogens is 2. The molecule has 0 fully saturated rings. The third-order valence-corrected chi connectivity index (χ3v) is 5.12. The number of alkyl halides is 5. The van der Waals surface area contributed by atoms with Gasteiger partial charge in [0, 0.05) is 5.56 Å². The number of hydrogen-bond donors (Lipinski definition) is 1. The molecule has 3 rings (SSSR count). The smallest absolute Gasteiger partial charge is 0.406 e. The van der Waals surface area contributed by atoms with Crippen molar-refractivity contribution in [3.63, 3.8) is 0 Å². The van der Waals surface area contributed by atoms with Gasteiger partial charge >= 0.3 is 6.36 Å². The van der Waals surface area contributed by atoms with E-state index in [1.54, 1.807) is 0 Å². The summed E-state index contributed by atoms with van der Waals surface area (Å²) in [7, 11) is -4.76. The molecule has 1 aromatic heterocycles. The molecule has 0 spiro atoms. The lowest BCUT2D eigenvalue weighted by Crippen LogP contribution is -2.17. The first-order valence-electron chi connectivity index (χ1n) is 8.44. The van der Waals surface area contributed by atoms with Crippen LogP contribution in [0.4, 0.5) is 30.7 Å². The first-order chi connectivity index (χ1) is 14.7. The zero-order valence-corrected chi connectivity index (χ0v) is 16.6. The predicted octanol–water partition coefficient (Wildman–Crippen LogP) is 4.61. The molecule has 0 bridgehead atoms. The highest BCUT2D eigenvalue weighted by Crippen LogP contribution is 2.33. The van der Waals surface area contributed by atoms with E-state index < -0.39 is 50.8 Å². The summed E-state index contributed by atoms with van der Waals surface area (Å²) in [5.74, 6) is -3.73. The van der Waals surface area contributed by atoms with E-state index in [2.05, 4.69) is 9.84 Å². The van der Waals surface area contributed by atoms with Crippen LogP contribution in [0.15, 0.2) is 41.3 Å². The number of nitrogens with zero attached hydrogens (tertiary/aromatic N) is 2. The Morgan fingerprint density at radius 2 is 1.66 bits per heavy atom. The van der Waals surface area contributed by atoms with Gasteiger partial charge in [-0.2, -0.15) is 5.10 Å². The number of sulfonamides is 1. The van der Waals surface area contributed by atoms with Crippen LogP contribution >= 0.6 is 0 Å². The number of nitrogens with two attached hydrogens (primary N) is 1. The molecule has 0 aliphatic carbocycles. The summed E-state index contributed by atoms with van der Waals surface area (Å²) >= 11 is 0. The fourth-order valence-corrected chi connectivity index (χ4v) is 3.60. The van der Waals surface area contributed by atoms with Crippen LogP contribution in [0.3, 0.4) is 0 Å². The number of primary sulfonamides is 1. The number of rotatable bonds is 5. The molecular weight excluding hydrogens is 471 g/mol. The summed E-state index contributed by atoms with van der Waals surface area (Å²) in [6.45, 7) is 1.33. The van der Waals surface area contributed by atoms with Crippen LogP contribution in [-0.4, -0.2) is 24.6 Å². The summed E-state index contributed by atoms with van der Waals surface area (Å²) < 4.78 is 120. The number of benzene rings is 2. The SMILES string of the molecule is Cc1cc(OC(F)(F)F)ccc1-n1nc(C(F)F)cc1-c1cc(F)c(S(N)(=O)=O)c(F)c1. The molecule has 0 amide bonds. The van der Waals surface area contributed by atoms with Gasteiger partial charge in [0.25, 0.3) is 6.43 Å². The average Bonchev–Trinajstić information content (AvgIpc) is 3.04. The zero-order chi connectivity index (χ0) is 24.0. The Kier molecular flexibility index (Phi) is 5.95. The lowest BCUT2D eigenvalue weighted by molar-refractivity contribution is -0.274. The van der Waals surface area contributed by atoms with Crippen LogP contribution in [0, 0.1) is 18.6 Å². The molecule has 0 saturated heterocycles. The van der Waals surface area contributed by atoms with Gasteiger partial charge in [0.2, 0.25) is 10.0 Å². The van der Waals surface area contributed by atoms with Crippen molar-refractivity contribution >= 4 is 10.0 Å². The summed E-state index contributed by atoms with van der Waals surface area (Å²) in [6, 6.07) is 4.85. The Morgan fingerprint density at radius 1 is 1.06 bits per heavy atom. The molecule has 32 heavy (non-hydrogen) atoms. The Balaban J connectivity index is 2.19. The molecule has 2 aromatic carbocycles. The number of aryl methyl sites for hydroxylation is 1. The third-order valence-electron chi connectivity index (χ3n) is 4.16. The Labute approximate surface area is 176 Å². The maximum atomic E-state index is 14.3. The Hall–Kier alpha value is -3.13. The minimum atomic E-state index is -4.96. The molecule has 14 heteroatoms. The second kappa shape index (κ2) is 8.09. The van der Waals surface area contributed by atoms with Crippen molar-refractivity contribution in [1.82, 2.24) is 9.78 Å². The second-order valence-corrected chi connectivity index (χ2v) is 7.98. The van der Waals surface area contributed by atoms with Crippen LogP contribution in [0.2, 0.25) is 0 Å². The molecule has 0 radical (unpaired) electrons. The van der Waals surface area contributed by atoms with Crippen molar-refractivity contribution in [3.8, 4) is 22.7 Å². The lowest BCUT2D eigenvalue weighted by Gasteiger charge is -2.14. The molecule has 0 saturated carbocycles. The van der Waals surface area contributed by atoms with E-state index in [1.165, 1.54) is 6.92 Å². The highest BCUT2D eigenvalue weighted by molar-refractivity contribution is 7.89. The molecule has 0 atom stereocenters. The molecule has 172 valence electrons. The summed E-state index contributed by atoms with van der Waals surface area (Å²) in [5, 5.41) is 8.44. The molecule has 1 heterocycles. The van der Waals surface area contributed by atoms with E-state index in [1.807, 2.05) is 0 Å². The van der Waals surface area contributed by atoms with Gasteiger partial charge in [-0.05, 0) is 48.9 Å². The van der Waals surface area contributed by atoms with Gasteiger partial charge in [0.15, 0.2) is 4.90 Å². The quantitative estimate of drug-likeness (QED) is 0.537. The Bertz CT molecular complexity index is 1260. The van der Waals surface area contributed by atoms with Gasteiger partial charge in [-0.15, -0.1) is 13.2 Å². The highest BCUT2D eigenvalue weighted by Gasteiger charge is 2.31. The van der Waals surface area contributed by atoms with E-state index in [9.17, 15) is 39.2 Å². The standard InChI is InChI=1S/C18H12F7N3O3S/c1-8-4-10(31-18(23,24)25)2-3-14(8)28-15(7-13(27-28)17(21)22)9-5-11(19)16(12(20)6-9)32(26,29)30/h2-7,17H,1H3,(H2,26,29,30). The molecule has 0 unspecified atom stereocenters.